The van der Waals surface area contributed by atoms with E-state index < -0.39 is 0 Å². The molecule has 4 aromatic rings. The van der Waals surface area contributed by atoms with Crippen LogP contribution in [0.5, 0.6) is 0 Å². The third-order valence-electron chi connectivity index (χ3n) is 5.60. The molecule has 0 N–H and O–H groups in total. The highest BCUT2D eigenvalue weighted by atomic mass is 14.1. The van der Waals surface area contributed by atoms with Crippen LogP contribution in [0.1, 0.15) is 50.7 Å². The van der Waals surface area contributed by atoms with E-state index in [1.807, 2.05) is 0 Å². The zero-order chi connectivity index (χ0) is 17.9. The van der Waals surface area contributed by atoms with Gasteiger partial charge in [0.2, 0.25) is 0 Å². The van der Waals surface area contributed by atoms with Crippen LogP contribution in [0.4, 0.5) is 0 Å². The van der Waals surface area contributed by atoms with Gasteiger partial charge in [0.15, 0.2) is 0 Å². The van der Waals surface area contributed by atoms with Gasteiger partial charge in [-0.3, -0.25) is 0 Å². The number of hydrogen-bond donors (Lipinski definition) is 0. The van der Waals surface area contributed by atoms with Crippen molar-refractivity contribution in [2.75, 3.05) is 0 Å². The Morgan fingerprint density at radius 2 is 0.923 bits per heavy atom. The van der Waals surface area contributed by atoms with Gasteiger partial charge in [-0.05, 0) is 69.1 Å². The second kappa shape index (κ2) is 7.50. The Morgan fingerprint density at radius 3 is 1.35 bits per heavy atom. The topological polar surface area (TPSA) is 0 Å². The van der Waals surface area contributed by atoms with Crippen molar-refractivity contribution in [1.82, 2.24) is 0 Å². The first-order valence-electron chi connectivity index (χ1n) is 10.2. The molecule has 0 aromatic heterocycles. The van der Waals surface area contributed by atoms with Crippen LogP contribution in [0.2, 0.25) is 0 Å². The fraction of sp³-hybridized carbons (Fsp3) is 0.308. The predicted molar refractivity (Wildman–Crippen MR) is 116 cm³/mol. The van der Waals surface area contributed by atoms with E-state index in [2.05, 4.69) is 74.5 Å². The van der Waals surface area contributed by atoms with Gasteiger partial charge in [-0.25, -0.2) is 0 Å². The van der Waals surface area contributed by atoms with E-state index in [1.165, 1.54) is 82.0 Å². The molecule has 0 aliphatic carbocycles. The number of hydrogen-bond acceptors (Lipinski definition) is 0. The number of benzene rings is 4. The van der Waals surface area contributed by atoms with Crippen LogP contribution in [-0.4, -0.2) is 0 Å². The summed E-state index contributed by atoms with van der Waals surface area (Å²) >= 11 is 0. The standard InChI is InChI=1S/C26H28/c1-3-5-7-19-9-11-21-13-16-24-23(25(21)17-19)15-14-22-12-10-20(8-6-4-2)18-26(22)24/h9-18H,3-8H2,1-2H3. The lowest BCUT2D eigenvalue weighted by Gasteiger charge is -2.11. The molecule has 0 atom stereocenters. The summed E-state index contributed by atoms with van der Waals surface area (Å²) in [6, 6.07) is 23.2. The van der Waals surface area contributed by atoms with Gasteiger partial charge in [-0.1, -0.05) is 87.4 Å². The maximum Gasteiger partial charge on any atom is -0.00989 e. The van der Waals surface area contributed by atoms with Crippen molar-refractivity contribution in [3.63, 3.8) is 0 Å². The quantitative estimate of drug-likeness (QED) is 0.314. The molecule has 0 aliphatic heterocycles. The van der Waals surface area contributed by atoms with E-state index in [1.54, 1.807) is 0 Å². The molecule has 0 saturated carbocycles. The molecule has 0 fully saturated rings. The van der Waals surface area contributed by atoms with E-state index in [4.69, 9.17) is 0 Å². The maximum atomic E-state index is 2.42. The Kier molecular flexibility index (Phi) is 4.93. The van der Waals surface area contributed by atoms with Crippen LogP contribution < -0.4 is 0 Å². The summed E-state index contributed by atoms with van der Waals surface area (Å²) in [5.41, 5.74) is 2.92. The Labute approximate surface area is 156 Å². The Hall–Kier alpha value is -2.34. The predicted octanol–water partition coefficient (Wildman–Crippen LogP) is 7.83. The largest absolute Gasteiger partial charge is 0.0654 e. The van der Waals surface area contributed by atoms with Crippen molar-refractivity contribution in [2.24, 2.45) is 0 Å². The molecule has 0 aliphatic rings. The average Bonchev–Trinajstić information content (AvgIpc) is 2.69. The molecule has 0 spiro atoms. The highest BCUT2D eigenvalue weighted by Gasteiger charge is 2.06. The molecular formula is C26H28. The summed E-state index contributed by atoms with van der Waals surface area (Å²) in [5.74, 6) is 0. The number of fused-ring (bicyclic) bond motifs is 5. The van der Waals surface area contributed by atoms with E-state index in [0.717, 1.165) is 0 Å². The summed E-state index contributed by atoms with van der Waals surface area (Å²) in [6.07, 6.45) is 7.38. The van der Waals surface area contributed by atoms with Gasteiger partial charge >= 0.3 is 0 Å². The Morgan fingerprint density at radius 1 is 0.500 bits per heavy atom. The maximum absolute atomic E-state index is 2.42. The van der Waals surface area contributed by atoms with Crippen molar-refractivity contribution in [3.8, 4) is 0 Å². The van der Waals surface area contributed by atoms with Gasteiger partial charge in [0.25, 0.3) is 0 Å². The molecule has 132 valence electrons. The summed E-state index contributed by atoms with van der Waals surface area (Å²) in [4.78, 5) is 0. The minimum absolute atomic E-state index is 1.18. The molecule has 0 nitrogen and oxygen atoms in total. The first-order valence-corrected chi connectivity index (χ1v) is 10.2. The van der Waals surface area contributed by atoms with Crippen LogP contribution in [0, 0.1) is 0 Å². The van der Waals surface area contributed by atoms with Crippen LogP contribution in [0.3, 0.4) is 0 Å². The minimum Gasteiger partial charge on any atom is -0.0654 e. The lowest BCUT2D eigenvalue weighted by atomic mass is 9.94. The average molecular weight is 341 g/mol. The zero-order valence-electron chi connectivity index (χ0n) is 16.0. The molecule has 0 amide bonds. The normalized spacial score (nSPS) is 11.6. The zero-order valence-corrected chi connectivity index (χ0v) is 16.0. The molecule has 0 unspecified atom stereocenters. The summed E-state index contributed by atoms with van der Waals surface area (Å²) in [6.45, 7) is 4.53. The van der Waals surface area contributed by atoms with Crippen LogP contribution in [0.15, 0.2) is 60.7 Å². The molecule has 4 rings (SSSR count). The van der Waals surface area contributed by atoms with Crippen molar-refractivity contribution in [2.45, 2.75) is 52.4 Å². The van der Waals surface area contributed by atoms with Crippen molar-refractivity contribution < 1.29 is 0 Å². The molecule has 0 heterocycles. The summed E-state index contributed by atoms with van der Waals surface area (Å²) < 4.78 is 0. The second-order valence-electron chi connectivity index (χ2n) is 7.54. The highest BCUT2D eigenvalue weighted by molar-refractivity contribution is 6.17. The SMILES string of the molecule is CCCCc1ccc2ccc3c4cc(CCCC)ccc4ccc3c2c1. The number of aryl methyl sites for hydroxylation is 2. The first-order chi connectivity index (χ1) is 12.8. The fourth-order valence-corrected chi connectivity index (χ4v) is 4.03. The Balaban J connectivity index is 1.90. The molecule has 0 bridgehead atoms. The van der Waals surface area contributed by atoms with Gasteiger partial charge in [-0.2, -0.15) is 0 Å². The van der Waals surface area contributed by atoms with Gasteiger partial charge in [0.05, 0.1) is 0 Å². The lowest BCUT2D eigenvalue weighted by molar-refractivity contribution is 0.796. The van der Waals surface area contributed by atoms with Gasteiger partial charge in [0, 0.05) is 0 Å². The fourth-order valence-electron chi connectivity index (χ4n) is 4.03. The van der Waals surface area contributed by atoms with Crippen molar-refractivity contribution in [3.05, 3.63) is 71.8 Å². The summed E-state index contributed by atoms with van der Waals surface area (Å²) in [7, 11) is 0. The molecule has 26 heavy (non-hydrogen) atoms. The number of rotatable bonds is 6. The lowest BCUT2D eigenvalue weighted by Crippen LogP contribution is -1.88. The molecular weight excluding hydrogens is 312 g/mol. The van der Waals surface area contributed by atoms with E-state index in [-0.39, 0.29) is 0 Å². The van der Waals surface area contributed by atoms with Crippen molar-refractivity contribution in [1.29, 1.82) is 0 Å². The molecule has 4 aromatic carbocycles. The van der Waals surface area contributed by atoms with Crippen molar-refractivity contribution >= 4 is 32.3 Å². The summed E-state index contributed by atoms with van der Waals surface area (Å²) in [5, 5.41) is 8.27. The third-order valence-corrected chi connectivity index (χ3v) is 5.60. The third kappa shape index (κ3) is 3.21. The molecule has 0 heteroatoms. The van der Waals surface area contributed by atoms with Crippen LogP contribution >= 0.6 is 0 Å². The minimum atomic E-state index is 1.18. The smallest absolute Gasteiger partial charge is 0.00989 e. The van der Waals surface area contributed by atoms with Gasteiger partial charge < -0.3 is 0 Å². The van der Waals surface area contributed by atoms with E-state index in [0.29, 0.717) is 0 Å². The first kappa shape index (κ1) is 17.1. The molecule has 0 saturated heterocycles. The highest BCUT2D eigenvalue weighted by Crippen LogP contribution is 2.32. The van der Waals surface area contributed by atoms with Crippen LogP contribution in [0.25, 0.3) is 32.3 Å². The van der Waals surface area contributed by atoms with E-state index in [9.17, 15) is 0 Å². The van der Waals surface area contributed by atoms with Gasteiger partial charge in [0.1, 0.15) is 0 Å². The van der Waals surface area contributed by atoms with Crippen LogP contribution in [-0.2, 0) is 12.8 Å². The van der Waals surface area contributed by atoms with Gasteiger partial charge in [-0.15, -0.1) is 0 Å². The monoisotopic (exact) mass is 340 g/mol. The molecule has 0 radical (unpaired) electrons. The Bertz CT molecular complexity index is 969. The second-order valence-corrected chi connectivity index (χ2v) is 7.54. The van der Waals surface area contributed by atoms with E-state index >= 15 is 0 Å². The number of unbranched alkanes of at least 4 members (excludes halogenated alkanes) is 2.